The van der Waals surface area contributed by atoms with Crippen LogP contribution in [0.1, 0.15) is 58.8 Å². The van der Waals surface area contributed by atoms with Crippen molar-refractivity contribution in [3.63, 3.8) is 0 Å². The molecule has 0 spiro atoms. The fourth-order valence-corrected chi connectivity index (χ4v) is 3.40. The van der Waals surface area contributed by atoms with Crippen molar-refractivity contribution in [3.8, 4) is 0 Å². The summed E-state index contributed by atoms with van der Waals surface area (Å²) in [6.07, 6.45) is 7.12. The number of hydrogen-bond acceptors (Lipinski definition) is 2. The normalized spacial score (nSPS) is 30.4. The van der Waals surface area contributed by atoms with Crippen LogP contribution in [0.4, 0.5) is 0 Å². The first kappa shape index (κ1) is 12.9. The number of rotatable bonds is 3. The highest BCUT2D eigenvalue weighted by Crippen LogP contribution is 2.42. The third kappa shape index (κ3) is 2.82. The van der Waals surface area contributed by atoms with Gasteiger partial charge in [0, 0.05) is 12.5 Å². The van der Waals surface area contributed by atoms with Gasteiger partial charge in [0.15, 0.2) is 0 Å². The van der Waals surface area contributed by atoms with E-state index in [1.54, 1.807) is 0 Å². The van der Waals surface area contributed by atoms with Crippen LogP contribution >= 0.6 is 0 Å². The number of nitrogens with one attached hydrogen (secondary N) is 1. The zero-order valence-electron chi connectivity index (χ0n) is 11.1. The molecular formula is C14H25NO2. The first-order valence-electron chi connectivity index (χ1n) is 6.93. The monoisotopic (exact) mass is 239 g/mol. The maximum atomic E-state index is 12.1. The maximum absolute atomic E-state index is 12.1. The summed E-state index contributed by atoms with van der Waals surface area (Å²) in [7, 11) is 0. The van der Waals surface area contributed by atoms with Gasteiger partial charge in [0.25, 0.3) is 0 Å². The second kappa shape index (κ2) is 4.60. The second-order valence-electron chi connectivity index (χ2n) is 6.58. The number of carbonyl (C=O) groups excluding carboxylic acids is 1. The molecule has 0 aromatic rings. The standard InChI is InChI=1S/C14H25NO2/c1-13(2)7-5-6-11(13)12(16)15-10-14(17)8-3-4-9-14/h11,17H,3-10H2,1-2H3,(H,15,16). The van der Waals surface area contributed by atoms with Crippen LogP contribution in [0.25, 0.3) is 0 Å². The lowest BCUT2D eigenvalue weighted by molar-refractivity contribution is -0.128. The number of aliphatic hydroxyl groups is 1. The van der Waals surface area contributed by atoms with Crippen LogP contribution in [0.3, 0.4) is 0 Å². The van der Waals surface area contributed by atoms with Crippen LogP contribution in [0.2, 0.25) is 0 Å². The van der Waals surface area contributed by atoms with Gasteiger partial charge < -0.3 is 10.4 Å². The minimum atomic E-state index is -0.627. The lowest BCUT2D eigenvalue weighted by atomic mass is 9.81. The summed E-state index contributed by atoms with van der Waals surface area (Å²) in [6.45, 7) is 4.79. The smallest absolute Gasteiger partial charge is 0.223 e. The van der Waals surface area contributed by atoms with Gasteiger partial charge in [0.1, 0.15) is 0 Å². The molecular weight excluding hydrogens is 214 g/mol. The Bertz CT molecular complexity index is 293. The van der Waals surface area contributed by atoms with Crippen LogP contribution in [0.5, 0.6) is 0 Å². The molecule has 3 heteroatoms. The summed E-state index contributed by atoms with van der Waals surface area (Å²) in [5.41, 5.74) is -0.499. The summed E-state index contributed by atoms with van der Waals surface area (Å²) in [4.78, 5) is 12.1. The van der Waals surface area contributed by atoms with Gasteiger partial charge in [-0.15, -0.1) is 0 Å². The molecule has 2 aliphatic rings. The van der Waals surface area contributed by atoms with Gasteiger partial charge in [-0.2, -0.15) is 0 Å². The van der Waals surface area contributed by atoms with E-state index in [2.05, 4.69) is 19.2 Å². The number of carbonyl (C=O) groups is 1. The van der Waals surface area contributed by atoms with E-state index in [1.807, 2.05) is 0 Å². The summed E-state index contributed by atoms with van der Waals surface area (Å²) < 4.78 is 0. The molecule has 2 saturated carbocycles. The average Bonchev–Trinajstić information content (AvgIpc) is 2.82. The lowest BCUT2D eigenvalue weighted by Crippen LogP contribution is -2.44. The van der Waals surface area contributed by atoms with Crippen LogP contribution in [-0.2, 0) is 4.79 Å². The van der Waals surface area contributed by atoms with Gasteiger partial charge in [0.2, 0.25) is 5.91 Å². The second-order valence-corrected chi connectivity index (χ2v) is 6.58. The predicted molar refractivity (Wildman–Crippen MR) is 67.5 cm³/mol. The quantitative estimate of drug-likeness (QED) is 0.793. The molecule has 0 saturated heterocycles. The fraction of sp³-hybridized carbons (Fsp3) is 0.929. The molecule has 0 radical (unpaired) electrons. The van der Waals surface area contributed by atoms with Crippen LogP contribution in [0, 0.1) is 11.3 Å². The zero-order chi connectivity index (χ0) is 12.5. The SMILES string of the molecule is CC1(C)CCCC1C(=O)NCC1(O)CCCC1. The average molecular weight is 239 g/mol. The van der Waals surface area contributed by atoms with E-state index in [-0.39, 0.29) is 17.2 Å². The molecule has 1 amide bonds. The molecule has 17 heavy (non-hydrogen) atoms. The van der Waals surface area contributed by atoms with Crippen molar-refractivity contribution < 1.29 is 9.90 Å². The van der Waals surface area contributed by atoms with Crippen LogP contribution < -0.4 is 5.32 Å². The van der Waals surface area contributed by atoms with Gasteiger partial charge in [-0.05, 0) is 31.1 Å². The summed E-state index contributed by atoms with van der Waals surface area (Å²) in [6, 6.07) is 0. The van der Waals surface area contributed by atoms with Crippen molar-refractivity contribution in [3.05, 3.63) is 0 Å². The minimum Gasteiger partial charge on any atom is -0.388 e. The lowest BCUT2D eigenvalue weighted by Gasteiger charge is -2.28. The predicted octanol–water partition coefficient (Wildman–Crippen LogP) is 2.23. The van der Waals surface area contributed by atoms with Crippen molar-refractivity contribution in [1.82, 2.24) is 5.32 Å². The van der Waals surface area contributed by atoms with E-state index in [1.165, 1.54) is 0 Å². The first-order chi connectivity index (χ1) is 7.93. The Morgan fingerprint density at radius 1 is 1.24 bits per heavy atom. The Labute approximate surface area is 104 Å². The Morgan fingerprint density at radius 3 is 2.41 bits per heavy atom. The van der Waals surface area contributed by atoms with Gasteiger partial charge in [-0.3, -0.25) is 4.79 Å². The molecule has 0 aromatic heterocycles. The van der Waals surface area contributed by atoms with Crippen LogP contribution in [0.15, 0.2) is 0 Å². The molecule has 0 heterocycles. The van der Waals surface area contributed by atoms with E-state index >= 15 is 0 Å². The molecule has 2 rings (SSSR count). The van der Waals surface area contributed by atoms with Crippen molar-refractivity contribution in [2.24, 2.45) is 11.3 Å². The maximum Gasteiger partial charge on any atom is 0.223 e. The molecule has 2 fully saturated rings. The molecule has 98 valence electrons. The highest BCUT2D eigenvalue weighted by Gasteiger charge is 2.40. The molecule has 2 N–H and O–H groups in total. The van der Waals surface area contributed by atoms with Gasteiger partial charge in [-0.25, -0.2) is 0 Å². The molecule has 3 nitrogen and oxygen atoms in total. The minimum absolute atomic E-state index is 0.127. The highest BCUT2D eigenvalue weighted by atomic mass is 16.3. The Hall–Kier alpha value is -0.570. The van der Waals surface area contributed by atoms with Crippen molar-refractivity contribution >= 4 is 5.91 Å². The topological polar surface area (TPSA) is 49.3 Å². The molecule has 0 aliphatic heterocycles. The molecule has 2 aliphatic carbocycles. The van der Waals surface area contributed by atoms with Gasteiger partial charge in [-0.1, -0.05) is 33.1 Å². The molecule has 0 bridgehead atoms. The number of amides is 1. The van der Waals surface area contributed by atoms with E-state index in [9.17, 15) is 9.90 Å². The van der Waals surface area contributed by atoms with Crippen molar-refractivity contribution in [2.45, 2.75) is 64.4 Å². The summed E-state index contributed by atoms with van der Waals surface area (Å²) in [5, 5.41) is 13.2. The molecule has 0 aromatic carbocycles. The third-order valence-electron chi connectivity index (χ3n) is 4.70. The molecule has 1 atom stereocenters. The van der Waals surface area contributed by atoms with E-state index in [0.29, 0.717) is 6.54 Å². The zero-order valence-corrected chi connectivity index (χ0v) is 11.1. The Kier molecular flexibility index (Phi) is 3.48. The highest BCUT2D eigenvalue weighted by molar-refractivity contribution is 5.79. The van der Waals surface area contributed by atoms with E-state index < -0.39 is 5.60 Å². The largest absolute Gasteiger partial charge is 0.388 e. The van der Waals surface area contributed by atoms with Crippen molar-refractivity contribution in [1.29, 1.82) is 0 Å². The fourth-order valence-electron chi connectivity index (χ4n) is 3.40. The van der Waals surface area contributed by atoms with E-state index in [0.717, 1.165) is 44.9 Å². The van der Waals surface area contributed by atoms with Crippen molar-refractivity contribution in [2.75, 3.05) is 6.54 Å². The van der Waals surface area contributed by atoms with Gasteiger partial charge >= 0.3 is 0 Å². The summed E-state index contributed by atoms with van der Waals surface area (Å²) >= 11 is 0. The van der Waals surface area contributed by atoms with Crippen LogP contribution in [-0.4, -0.2) is 23.2 Å². The Balaban J connectivity index is 1.85. The first-order valence-corrected chi connectivity index (χ1v) is 6.93. The van der Waals surface area contributed by atoms with Gasteiger partial charge in [0.05, 0.1) is 5.60 Å². The molecule has 1 unspecified atom stereocenters. The number of hydrogen-bond donors (Lipinski definition) is 2. The third-order valence-corrected chi connectivity index (χ3v) is 4.70. The Morgan fingerprint density at radius 2 is 1.88 bits per heavy atom. The summed E-state index contributed by atoms with van der Waals surface area (Å²) in [5.74, 6) is 0.278. The van der Waals surface area contributed by atoms with E-state index in [4.69, 9.17) is 0 Å².